The number of carbonyl (C=O) groups excluding carboxylic acids is 3. The van der Waals surface area contributed by atoms with E-state index in [9.17, 15) is 14.4 Å². The van der Waals surface area contributed by atoms with Gasteiger partial charge in [-0.1, -0.05) is 281 Å². The summed E-state index contributed by atoms with van der Waals surface area (Å²) in [6.07, 6.45) is 82.3. The lowest BCUT2D eigenvalue weighted by Crippen LogP contribution is -2.30. The highest BCUT2D eigenvalue weighted by molar-refractivity contribution is 5.71. The molecule has 0 aliphatic heterocycles. The molecule has 1 atom stereocenters. The summed E-state index contributed by atoms with van der Waals surface area (Å²) in [7, 11) is 0. The van der Waals surface area contributed by atoms with Gasteiger partial charge in [0.2, 0.25) is 0 Å². The predicted molar refractivity (Wildman–Crippen MR) is 330 cm³/mol. The van der Waals surface area contributed by atoms with Crippen LogP contribution in [0, 0.1) is 0 Å². The molecule has 442 valence electrons. The van der Waals surface area contributed by atoms with Crippen LogP contribution in [0.15, 0.2) is 60.8 Å². The highest BCUT2D eigenvalue weighted by Gasteiger charge is 2.19. The van der Waals surface area contributed by atoms with Gasteiger partial charge in [0.1, 0.15) is 13.2 Å². The lowest BCUT2D eigenvalue weighted by molar-refractivity contribution is -0.167. The number of hydrogen-bond acceptors (Lipinski definition) is 6. The lowest BCUT2D eigenvalue weighted by Gasteiger charge is -2.18. The number of esters is 3. The smallest absolute Gasteiger partial charge is 0.306 e. The molecule has 0 spiro atoms. The molecule has 0 saturated carbocycles. The summed E-state index contributed by atoms with van der Waals surface area (Å²) in [5.41, 5.74) is 0. The fourth-order valence-corrected chi connectivity index (χ4v) is 9.68. The van der Waals surface area contributed by atoms with Crippen LogP contribution in [0.3, 0.4) is 0 Å². The molecule has 1 unspecified atom stereocenters. The molecule has 0 aromatic heterocycles. The molecule has 0 N–H and O–H groups in total. The molecule has 0 radical (unpaired) electrons. The standard InChI is InChI=1S/C70H126O6/c1-4-7-10-13-16-19-22-25-28-30-31-32-33-34-35-36-37-38-39-41-42-45-48-51-54-57-60-63-69(72)75-66-67(65-74-68(71)62-59-56-53-50-47-44-27-24-21-18-15-12-9-6-3)76-70(73)64-61-58-55-52-49-46-43-40-29-26-23-20-17-14-11-8-5-2/h17,20,22,24-27,29-31,67H,4-16,18-19,21,23,28,32-66H2,1-3H3/b20-17-,25-22-,27-24-,29-26-,31-30-. The molecule has 76 heavy (non-hydrogen) atoms. The first-order valence-corrected chi connectivity index (χ1v) is 33.3. The largest absolute Gasteiger partial charge is 0.462 e. The van der Waals surface area contributed by atoms with Crippen LogP contribution < -0.4 is 0 Å². The second-order valence-electron chi connectivity index (χ2n) is 22.4. The van der Waals surface area contributed by atoms with Crippen LogP contribution in [-0.2, 0) is 28.6 Å². The SMILES string of the molecule is CCCCC/C=C\C/C=C\CCCCCCCCCC(=O)OC(COC(=O)CCCCCCC/C=C\CCCCCCC)COC(=O)CCCCCCCCCCCCCCCCC/C=C\C/C=C\CCCCCCC. The third-order valence-corrected chi connectivity index (χ3v) is 14.7. The Kier molecular flexibility index (Phi) is 62.2. The quantitative estimate of drug-likeness (QED) is 0.0261. The molecule has 0 aliphatic carbocycles. The van der Waals surface area contributed by atoms with E-state index in [4.69, 9.17) is 14.2 Å². The molecular weight excluding hydrogens is 937 g/mol. The molecule has 6 nitrogen and oxygen atoms in total. The summed E-state index contributed by atoms with van der Waals surface area (Å²) in [6.45, 7) is 6.63. The molecular formula is C70H126O6. The Bertz CT molecular complexity index is 1360. The van der Waals surface area contributed by atoms with Gasteiger partial charge < -0.3 is 14.2 Å². The minimum atomic E-state index is -0.782. The van der Waals surface area contributed by atoms with Crippen LogP contribution in [0.1, 0.15) is 348 Å². The normalized spacial score (nSPS) is 12.4. The summed E-state index contributed by atoms with van der Waals surface area (Å²) in [5, 5.41) is 0. The zero-order chi connectivity index (χ0) is 55.0. The van der Waals surface area contributed by atoms with Crippen LogP contribution in [0.4, 0.5) is 0 Å². The Morgan fingerprint density at radius 2 is 0.474 bits per heavy atom. The van der Waals surface area contributed by atoms with E-state index in [-0.39, 0.29) is 31.1 Å². The Hall–Kier alpha value is -2.89. The second-order valence-corrected chi connectivity index (χ2v) is 22.4. The van der Waals surface area contributed by atoms with Crippen molar-refractivity contribution in [3.8, 4) is 0 Å². The van der Waals surface area contributed by atoms with E-state index in [1.165, 1.54) is 225 Å². The second kappa shape index (κ2) is 64.6. The van der Waals surface area contributed by atoms with Gasteiger partial charge in [-0.3, -0.25) is 14.4 Å². The molecule has 0 rings (SSSR count). The molecule has 0 heterocycles. The molecule has 0 aromatic carbocycles. The number of ether oxygens (including phenoxy) is 3. The Morgan fingerprint density at radius 1 is 0.263 bits per heavy atom. The van der Waals surface area contributed by atoms with Crippen molar-refractivity contribution in [1.29, 1.82) is 0 Å². The van der Waals surface area contributed by atoms with E-state index in [1.807, 2.05) is 0 Å². The van der Waals surface area contributed by atoms with Gasteiger partial charge >= 0.3 is 17.9 Å². The average molecular weight is 1060 g/mol. The van der Waals surface area contributed by atoms with Gasteiger partial charge in [-0.15, -0.1) is 0 Å². The van der Waals surface area contributed by atoms with Gasteiger partial charge in [0.25, 0.3) is 0 Å². The van der Waals surface area contributed by atoms with Crippen molar-refractivity contribution in [2.45, 2.75) is 354 Å². The maximum absolute atomic E-state index is 12.9. The zero-order valence-corrected chi connectivity index (χ0v) is 50.8. The van der Waals surface area contributed by atoms with Gasteiger partial charge in [0.15, 0.2) is 6.10 Å². The van der Waals surface area contributed by atoms with Crippen molar-refractivity contribution in [3.63, 3.8) is 0 Å². The fourth-order valence-electron chi connectivity index (χ4n) is 9.68. The molecule has 0 saturated heterocycles. The fraction of sp³-hybridized carbons (Fsp3) is 0.814. The minimum Gasteiger partial charge on any atom is -0.462 e. The third kappa shape index (κ3) is 62.0. The maximum Gasteiger partial charge on any atom is 0.306 e. The summed E-state index contributed by atoms with van der Waals surface area (Å²) < 4.78 is 16.9. The van der Waals surface area contributed by atoms with E-state index in [1.54, 1.807) is 0 Å². The summed E-state index contributed by atoms with van der Waals surface area (Å²) in [6, 6.07) is 0. The van der Waals surface area contributed by atoms with Crippen molar-refractivity contribution in [3.05, 3.63) is 60.8 Å². The number of unbranched alkanes of at least 4 members (excludes halogenated alkanes) is 40. The van der Waals surface area contributed by atoms with Gasteiger partial charge in [0, 0.05) is 19.3 Å². The first-order chi connectivity index (χ1) is 37.5. The zero-order valence-electron chi connectivity index (χ0n) is 50.8. The van der Waals surface area contributed by atoms with E-state index >= 15 is 0 Å². The topological polar surface area (TPSA) is 78.9 Å². The van der Waals surface area contributed by atoms with Gasteiger partial charge in [-0.25, -0.2) is 0 Å². The molecule has 0 aliphatic rings. The van der Waals surface area contributed by atoms with Crippen LogP contribution in [-0.4, -0.2) is 37.2 Å². The van der Waals surface area contributed by atoms with Crippen molar-refractivity contribution in [1.82, 2.24) is 0 Å². The van der Waals surface area contributed by atoms with Crippen LogP contribution in [0.5, 0.6) is 0 Å². The number of hydrogen-bond donors (Lipinski definition) is 0. The van der Waals surface area contributed by atoms with Crippen molar-refractivity contribution >= 4 is 17.9 Å². The summed E-state index contributed by atoms with van der Waals surface area (Å²) in [4.78, 5) is 38.3. The number of allylic oxidation sites excluding steroid dienone is 10. The molecule has 6 heteroatoms. The van der Waals surface area contributed by atoms with Crippen LogP contribution in [0.25, 0.3) is 0 Å². The van der Waals surface area contributed by atoms with Crippen LogP contribution in [0.2, 0.25) is 0 Å². The van der Waals surface area contributed by atoms with E-state index in [0.717, 1.165) is 83.5 Å². The average Bonchev–Trinajstić information content (AvgIpc) is 3.42. The Labute approximate surface area is 472 Å². The van der Waals surface area contributed by atoms with E-state index in [2.05, 4.69) is 81.5 Å². The first-order valence-electron chi connectivity index (χ1n) is 33.3. The number of carbonyl (C=O) groups is 3. The van der Waals surface area contributed by atoms with E-state index < -0.39 is 6.10 Å². The van der Waals surface area contributed by atoms with Gasteiger partial charge in [0.05, 0.1) is 0 Å². The van der Waals surface area contributed by atoms with Crippen LogP contribution >= 0.6 is 0 Å². The van der Waals surface area contributed by atoms with E-state index in [0.29, 0.717) is 19.3 Å². The molecule has 0 amide bonds. The minimum absolute atomic E-state index is 0.0776. The summed E-state index contributed by atoms with van der Waals surface area (Å²) in [5.74, 6) is -0.876. The van der Waals surface area contributed by atoms with Crippen molar-refractivity contribution in [2.75, 3.05) is 13.2 Å². The predicted octanol–water partition coefficient (Wildman–Crippen LogP) is 22.7. The third-order valence-electron chi connectivity index (χ3n) is 14.7. The number of rotatable bonds is 61. The molecule has 0 bridgehead atoms. The van der Waals surface area contributed by atoms with Gasteiger partial charge in [-0.05, 0) is 109 Å². The highest BCUT2D eigenvalue weighted by Crippen LogP contribution is 2.17. The lowest BCUT2D eigenvalue weighted by atomic mass is 10.0. The van der Waals surface area contributed by atoms with Crippen molar-refractivity contribution in [2.24, 2.45) is 0 Å². The molecule has 0 fully saturated rings. The monoisotopic (exact) mass is 1060 g/mol. The molecule has 0 aromatic rings. The summed E-state index contributed by atoms with van der Waals surface area (Å²) >= 11 is 0. The maximum atomic E-state index is 12.9. The van der Waals surface area contributed by atoms with Crippen molar-refractivity contribution < 1.29 is 28.6 Å². The first kappa shape index (κ1) is 73.1. The Balaban J connectivity index is 4.26. The van der Waals surface area contributed by atoms with Gasteiger partial charge in [-0.2, -0.15) is 0 Å². The highest BCUT2D eigenvalue weighted by atomic mass is 16.6. The Morgan fingerprint density at radius 3 is 0.763 bits per heavy atom.